The van der Waals surface area contributed by atoms with Crippen LogP contribution >= 0.6 is 0 Å². The molecule has 0 bridgehead atoms. The lowest BCUT2D eigenvalue weighted by Gasteiger charge is -2.37. The van der Waals surface area contributed by atoms with Gasteiger partial charge in [-0.1, -0.05) is 37.9 Å². The Morgan fingerprint density at radius 1 is 1.29 bits per heavy atom. The molecule has 6 heteroatoms. The van der Waals surface area contributed by atoms with Crippen molar-refractivity contribution in [3.05, 3.63) is 65.4 Å². The van der Waals surface area contributed by atoms with Crippen LogP contribution in [0.25, 0.3) is 0 Å². The Hall–Kier alpha value is -2.60. The molecule has 0 saturated carbocycles. The number of hydrogen-bond donors (Lipinski definition) is 1. The highest BCUT2D eigenvalue weighted by molar-refractivity contribution is 5.74. The molecule has 2 aromatic rings. The fourth-order valence-electron chi connectivity index (χ4n) is 2.71. The van der Waals surface area contributed by atoms with Gasteiger partial charge in [-0.05, 0) is 74.1 Å². The first-order chi connectivity index (χ1) is 21.9. The number of ether oxygens (including phenoxy) is 1. The maximum absolute atomic E-state index is 13.8. The molecule has 0 unspecified atom stereocenters. The number of halogens is 1. The smallest absolute Gasteiger partial charge is 0.318 e. The van der Waals surface area contributed by atoms with Crippen molar-refractivity contribution in [1.82, 2.24) is 15.1 Å². The average Bonchev–Trinajstić information content (AvgIpc) is 2.90. The third-order valence-corrected chi connectivity index (χ3v) is 4.27. The van der Waals surface area contributed by atoms with Crippen LogP contribution in [-0.2, 0) is 13.0 Å². The van der Waals surface area contributed by atoms with E-state index in [1.54, 1.807) is 0 Å². The van der Waals surface area contributed by atoms with Crippen molar-refractivity contribution in [2.45, 2.75) is 45.6 Å². The van der Waals surface area contributed by atoms with E-state index in [0.717, 1.165) is 21.9 Å². The lowest BCUT2D eigenvalue weighted by molar-refractivity contribution is 0.127. The highest BCUT2D eigenvalue weighted by Gasteiger charge is 2.27. The van der Waals surface area contributed by atoms with Crippen molar-refractivity contribution < 1.29 is 38.6 Å². The first kappa shape index (κ1) is 9.10. The summed E-state index contributed by atoms with van der Waals surface area (Å²) in [6.07, 6.45) is -0.882. The summed E-state index contributed by atoms with van der Waals surface area (Å²) in [5.74, 6) is -4.64. The van der Waals surface area contributed by atoms with Crippen molar-refractivity contribution in [2.24, 2.45) is 5.92 Å². The molecule has 1 fully saturated rings. The molecular weight excluding hydrogens is 393 g/mol. The number of carbonyl (C=O) groups is 1. The third kappa shape index (κ3) is 7.24. The van der Waals surface area contributed by atoms with Crippen LogP contribution in [0.15, 0.2) is 48.4 Å². The molecule has 1 aliphatic heterocycles. The Morgan fingerprint density at radius 2 is 1.97 bits per heavy atom. The number of nitrogens with one attached hydrogen (secondary N) is 1. The van der Waals surface area contributed by atoms with Crippen LogP contribution in [-0.4, -0.2) is 48.5 Å². The van der Waals surface area contributed by atoms with Crippen LogP contribution in [0.2, 0.25) is 0 Å². The molecule has 31 heavy (non-hydrogen) atoms. The van der Waals surface area contributed by atoms with Crippen LogP contribution in [0.1, 0.15) is 62.3 Å². The van der Waals surface area contributed by atoms with Gasteiger partial charge in [-0.3, -0.25) is 0 Å². The monoisotopic (exact) mass is 445 g/mol. The van der Waals surface area contributed by atoms with Gasteiger partial charge >= 0.3 is 6.03 Å². The molecule has 5 nitrogen and oxygen atoms in total. The number of rotatable bonds is 8. The molecule has 1 N–H and O–H groups in total. The summed E-state index contributed by atoms with van der Waals surface area (Å²) in [6.45, 7) is -18.8. The first-order valence-electron chi connectivity index (χ1n) is 18.3. The predicted molar refractivity (Wildman–Crippen MR) is 121 cm³/mol. The maximum Gasteiger partial charge on any atom is 0.318 e. The van der Waals surface area contributed by atoms with Gasteiger partial charge in [0.15, 0.2) is 0 Å². The summed E-state index contributed by atoms with van der Waals surface area (Å²) >= 11 is 0. The summed E-state index contributed by atoms with van der Waals surface area (Å²) in [4.78, 5) is 15.5. The van der Waals surface area contributed by atoms with Crippen LogP contribution in [0.4, 0.5) is 9.18 Å². The van der Waals surface area contributed by atoms with E-state index in [9.17, 15) is 9.18 Å². The Morgan fingerprint density at radius 3 is 2.61 bits per heavy atom. The topological polar surface area (TPSA) is 44.8 Å². The van der Waals surface area contributed by atoms with E-state index in [0.29, 0.717) is 5.56 Å². The van der Waals surface area contributed by atoms with Gasteiger partial charge in [-0.25, -0.2) is 9.18 Å². The number of piperidine rings is 1. The number of urea groups is 1. The zero-order chi connectivity index (χ0) is 37.9. The van der Waals surface area contributed by atoms with Crippen LogP contribution < -0.4 is 10.1 Å². The summed E-state index contributed by atoms with van der Waals surface area (Å²) in [7, 11) is 1.22. The Kier molecular flexibility index (Phi) is 3.27. The third-order valence-electron chi connectivity index (χ3n) is 4.27. The minimum Gasteiger partial charge on any atom is -0.493 e. The second-order valence-corrected chi connectivity index (χ2v) is 6.60. The zero-order valence-electron chi connectivity index (χ0n) is 34.7. The number of nitrogens with zero attached hydrogens (tertiary/aromatic N) is 2. The van der Waals surface area contributed by atoms with E-state index in [2.05, 4.69) is 0 Å². The van der Waals surface area contributed by atoms with Crippen LogP contribution in [0, 0.1) is 11.7 Å². The fourth-order valence-corrected chi connectivity index (χ4v) is 2.71. The van der Waals surface area contributed by atoms with Gasteiger partial charge in [0.05, 0.1) is 17.5 Å². The van der Waals surface area contributed by atoms with Crippen molar-refractivity contribution in [2.75, 3.05) is 26.6 Å². The lowest BCUT2D eigenvalue weighted by Crippen LogP contribution is -2.49. The molecule has 0 spiro atoms. The van der Waals surface area contributed by atoms with E-state index in [-0.39, 0.29) is 0 Å². The molecule has 168 valence electrons. The average molecular weight is 446 g/mol. The molecule has 1 aliphatic rings. The van der Waals surface area contributed by atoms with Gasteiger partial charge in [-0.2, -0.15) is 0 Å². The Balaban J connectivity index is 2.06. The van der Waals surface area contributed by atoms with Gasteiger partial charge in [-0.15, -0.1) is 0 Å². The van der Waals surface area contributed by atoms with Crippen molar-refractivity contribution >= 4 is 6.03 Å². The predicted octanol–water partition coefficient (Wildman–Crippen LogP) is 4.67. The van der Waals surface area contributed by atoms with Crippen molar-refractivity contribution in [3.63, 3.8) is 0 Å². The van der Waals surface area contributed by atoms with Gasteiger partial charge < -0.3 is 19.9 Å². The summed E-state index contributed by atoms with van der Waals surface area (Å²) in [5.41, 5.74) is -0.785. The second kappa shape index (κ2) is 11.1. The summed E-state index contributed by atoms with van der Waals surface area (Å²) in [6, 6.07) is -2.62. The molecule has 2 aromatic carbocycles. The summed E-state index contributed by atoms with van der Waals surface area (Å²) < 4.78 is 164. The molecule has 0 radical (unpaired) electrons. The van der Waals surface area contributed by atoms with Crippen LogP contribution in [0.3, 0.4) is 0 Å². The fraction of sp³-hybridized carbons (Fsp3) is 0.480. The molecule has 0 aliphatic carbocycles. The van der Waals surface area contributed by atoms with E-state index < -0.39 is 118 Å². The number of likely N-dealkylation sites (tertiary alicyclic amines) is 1. The van der Waals surface area contributed by atoms with Gasteiger partial charge in [0, 0.05) is 32.8 Å². The van der Waals surface area contributed by atoms with Crippen molar-refractivity contribution in [3.8, 4) is 5.75 Å². The number of benzene rings is 2. The molecular formula is C25H34FN3O2. The zero-order valence-corrected chi connectivity index (χ0v) is 16.7. The molecule has 1 heterocycles. The molecule has 1 saturated heterocycles. The number of hydrogen-bond acceptors (Lipinski definition) is 3. The Bertz CT molecular complexity index is 1490. The quantitative estimate of drug-likeness (QED) is 0.642. The first-order valence-corrected chi connectivity index (χ1v) is 9.31. The van der Waals surface area contributed by atoms with E-state index >= 15 is 0 Å². The van der Waals surface area contributed by atoms with E-state index in [1.807, 2.05) is 5.32 Å². The molecule has 2 amide bonds. The lowest BCUT2D eigenvalue weighted by atomic mass is 10.0. The van der Waals surface area contributed by atoms with E-state index in [4.69, 9.17) is 29.4 Å². The molecule has 3 rings (SSSR count). The minimum absolute atomic E-state index is 0.296. The highest BCUT2D eigenvalue weighted by Crippen LogP contribution is 2.19. The molecule has 0 aromatic heterocycles. The Labute approximate surface area is 210 Å². The van der Waals surface area contributed by atoms with Crippen molar-refractivity contribution in [1.29, 1.82) is 0 Å². The second-order valence-electron chi connectivity index (χ2n) is 6.60. The van der Waals surface area contributed by atoms with Crippen LogP contribution in [0.5, 0.6) is 5.75 Å². The highest BCUT2D eigenvalue weighted by atomic mass is 19.1. The minimum atomic E-state index is -3.61. The van der Waals surface area contributed by atoms with Gasteiger partial charge in [0.2, 0.25) is 0 Å². The van der Waals surface area contributed by atoms with Gasteiger partial charge in [0.1, 0.15) is 11.6 Å². The molecule has 0 atom stereocenters. The van der Waals surface area contributed by atoms with Gasteiger partial charge in [0.25, 0.3) is 0 Å². The number of carbonyl (C=O) groups excluding carboxylic acids is 1. The summed E-state index contributed by atoms with van der Waals surface area (Å²) in [5, 5.41) is 1.95. The standard InChI is InChI=1S/C25H34FN3O2/c1-19(2)18-31-24-10-6-20(7-11-24)16-27-25(30)29(23-12-14-28(3)15-13-23)17-21-4-8-22(26)9-5-21/h4-11,19,23H,12-18H2,1-3H3,(H,27,30)/i1D3,2D3,6D,7D,10D,11D,14D2,15D2,16D2,18D2. The SMILES string of the molecule is [2H]c1c([2H])c(C([2H])([2H])NC(=O)N(Cc2ccc(F)cc2)C2CC([2H])([2H])N(C)C([2H])([2H])C2)c([2H])c([2H])c1OC([2H])([2H])C(C([2H])([2H])[2H])C([2H])([2H])[2H]. The number of amides is 2. The van der Waals surface area contributed by atoms with E-state index in [1.165, 1.54) is 19.2 Å². The largest absolute Gasteiger partial charge is 0.493 e. The maximum atomic E-state index is 13.8. The normalized spacial score (nSPS) is 28.6.